The van der Waals surface area contributed by atoms with Gasteiger partial charge in [-0.2, -0.15) is 0 Å². The standard InChI is InChI=1S/C30H28N2O2S/c33-22(20-34-27-11-5-10-26-23(27)9-6-16-31-26)19-32-17-14-21(15-18-32)30-24-7-1-3-12-28(24)35-29-13-4-2-8-25(29)30/h1-13,16,22,33H,14-15,17-20H2. The molecular formula is C30H28N2O2S. The van der Waals surface area contributed by atoms with E-state index in [1.807, 2.05) is 42.1 Å². The molecule has 3 heterocycles. The second-order valence-corrected chi connectivity index (χ2v) is 10.2. The van der Waals surface area contributed by atoms with Gasteiger partial charge in [0.2, 0.25) is 0 Å². The first kappa shape index (κ1) is 22.4. The zero-order chi connectivity index (χ0) is 23.6. The largest absolute Gasteiger partial charge is 0.490 e. The maximum absolute atomic E-state index is 10.7. The van der Waals surface area contributed by atoms with E-state index in [2.05, 4.69) is 58.4 Å². The molecule has 2 aliphatic rings. The van der Waals surface area contributed by atoms with Crippen molar-refractivity contribution in [2.75, 3.05) is 26.2 Å². The van der Waals surface area contributed by atoms with Crippen LogP contribution in [0.5, 0.6) is 5.75 Å². The van der Waals surface area contributed by atoms with E-state index >= 15 is 0 Å². The number of ether oxygens (including phenoxy) is 1. The lowest BCUT2D eigenvalue weighted by Gasteiger charge is -2.33. The molecule has 35 heavy (non-hydrogen) atoms. The van der Waals surface area contributed by atoms with E-state index in [9.17, 15) is 5.11 Å². The van der Waals surface area contributed by atoms with Crippen LogP contribution >= 0.6 is 11.8 Å². The van der Waals surface area contributed by atoms with Crippen molar-refractivity contribution in [2.45, 2.75) is 28.7 Å². The van der Waals surface area contributed by atoms with Crippen molar-refractivity contribution in [3.63, 3.8) is 0 Å². The minimum atomic E-state index is -0.538. The third-order valence-corrected chi connectivity index (χ3v) is 8.00. The summed E-state index contributed by atoms with van der Waals surface area (Å²) < 4.78 is 5.99. The van der Waals surface area contributed by atoms with E-state index in [0.717, 1.165) is 42.6 Å². The van der Waals surface area contributed by atoms with Gasteiger partial charge < -0.3 is 9.84 Å². The van der Waals surface area contributed by atoms with Crippen LogP contribution in [0.1, 0.15) is 24.0 Å². The second-order valence-electron chi connectivity index (χ2n) is 9.16. The Bertz CT molecular complexity index is 1340. The fourth-order valence-electron chi connectivity index (χ4n) is 5.16. The van der Waals surface area contributed by atoms with Crippen LogP contribution in [0.25, 0.3) is 16.5 Å². The molecule has 0 saturated carbocycles. The summed E-state index contributed by atoms with van der Waals surface area (Å²) in [5.74, 6) is 0.771. The highest BCUT2D eigenvalue weighted by Crippen LogP contribution is 2.47. The summed E-state index contributed by atoms with van der Waals surface area (Å²) in [6.45, 7) is 2.79. The van der Waals surface area contributed by atoms with E-state index in [4.69, 9.17) is 4.74 Å². The molecule has 176 valence electrons. The van der Waals surface area contributed by atoms with Gasteiger partial charge in [0.25, 0.3) is 0 Å². The summed E-state index contributed by atoms with van der Waals surface area (Å²) >= 11 is 1.87. The Morgan fingerprint density at radius 1 is 0.857 bits per heavy atom. The summed E-state index contributed by atoms with van der Waals surface area (Å²) in [5, 5.41) is 11.7. The third-order valence-electron chi connectivity index (χ3n) is 6.85. The van der Waals surface area contributed by atoms with Crippen LogP contribution < -0.4 is 4.74 Å². The Hall–Kier alpha value is -3.12. The molecule has 4 aromatic rings. The zero-order valence-electron chi connectivity index (χ0n) is 19.6. The van der Waals surface area contributed by atoms with Crippen LogP contribution in [0.2, 0.25) is 0 Å². The van der Waals surface area contributed by atoms with Crippen molar-refractivity contribution in [1.29, 1.82) is 0 Å². The number of nitrogens with zero attached hydrogens (tertiary/aromatic N) is 2. The van der Waals surface area contributed by atoms with Crippen LogP contribution in [0.3, 0.4) is 0 Å². The minimum absolute atomic E-state index is 0.274. The van der Waals surface area contributed by atoms with E-state index in [1.165, 1.54) is 32.1 Å². The number of piperidine rings is 1. The molecule has 0 aliphatic carbocycles. The predicted molar refractivity (Wildman–Crippen MR) is 142 cm³/mol. The molecule has 1 aromatic heterocycles. The van der Waals surface area contributed by atoms with E-state index < -0.39 is 6.10 Å². The minimum Gasteiger partial charge on any atom is -0.490 e. The predicted octanol–water partition coefficient (Wildman–Crippen LogP) is 6.04. The monoisotopic (exact) mass is 480 g/mol. The average molecular weight is 481 g/mol. The normalized spacial score (nSPS) is 16.6. The van der Waals surface area contributed by atoms with Crippen LogP contribution in [0, 0.1) is 0 Å². The van der Waals surface area contributed by atoms with Crippen molar-refractivity contribution in [3.05, 3.63) is 102 Å². The zero-order valence-corrected chi connectivity index (χ0v) is 20.4. The molecule has 0 bridgehead atoms. The van der Waals surface area contributed by atoms with Gasteiger partial charge in [0.05, 0.1) is 5.52 Å². The molecule has 1 N–H and O–H groups in total. The molecule has 0 spiro atoms. The van der Waals surface area contributed by atoms with Crippen molar-refractivity contribution >= 4 is 28.2 Å². The summed E-state index contributed by atoms with van der Waals surface area (Å²) in [6, 6.07) is 27.3. The SMILES string of the molecule is OC(COc1cccc2ncccc12)CN1CCC(=C2c3ccccc3Sc3ccccc32)CC1. The fraction of sp³-hybridized carbons (Fsp3) is 0.233. The molecule has 1 unspecified atom stereocenters. The van der Waals surface area contributed by atoms with Gasteiger partial charge in [-0.3, -0.25) is 9.88 Å². The molecule has 3 aromatic carbocycles. The highest BCUT2D eigenvalue weighted by atomic mass is 32.2. The number of hydrogen-bond donors (Lipinski definition) is 1. The number of aliphatic hydroxyl groups is 1. The number of fused-ring (bicyclic) bond motifs is 3. The van der Waals surface area contributed by atoms with Crippen LogP contribution in [-0.4, -0.2) is 47.3 Å². The molecule has 2 aliphatic heterocycles. The van der Waals surface area contributed by atoms with Gasteiger partial charge >= 0.3 is 0 Å². The Kier molecular flexibility index (Phi) is 6.30. The van der Waals surface area contributed by atoms with Crippen molar-refractivity contribution in [2.24, 2.45) is 0 Å². The van der Waals surface area contributed by atoms with Gasteiger partial charge in [-0.15, -0.1) is 0 Å². The molecule has 1 saturated heterocycles. The Morgan fingerprint density at radius 3 is 2.31 bits per heavy atom. The number of rotatable bonds is 5. The maximum Gasteiger partial charge on any atom is 0.128 e. The van der Waals surface area contributed by atoms with Crippen LogP contribution in [0.4, 0.5) is 0 Å². The summed E-state index contributed by atoms with van der Waals surface area (Å²) in [7, 11) is 0. The van der Waals surface area contributed by atoms with E-state index in [0.29, 0.717) is 6.54 Å². The highest BCUT2D eigenvalue weighted by molar-refractivity contribution is 7.99. The molecule has 1 atom stereocenters. The molecule has 4 nitrogen and oxygen atoms in total. The third kappa shape index (κ3) is 4.59. The van der Waals surface area contributed by atoms with Gasteiger partial charge in [-0.25, -0.2) is 0 Å². The first-order valence-electron chi connectivity index (χ1n) is 12.2. The Labute approximate surface area is 210 Å². The van der Waals surface area contributed by atoms with E-state index in [1.54, 1.807) is 6.20 Å². The highest BCUT2D eigenvalue weighted by Gasteiger charge is 2.26. The summed E-state index contributed by atoms with van der Waals surface area (Å²) in [5.41, 5.74) is 6.56. The topological polar surface area (TPSA) is 45.6 Å². The molecular weight excluding hydrogens is 452 g/mol. The van der Waals surface area contributed by atoms with Gasteiger partial charge in [0.1, 0.15) is 18.5 Å². The van der Waals surface area contributed by atoms with Gasteiger partial charge in [0.15, 0.2) is 0 Å². The number of pyridine rings is 1. The summed E-state index contributed by atoms with van der Waals surface area (Å²) in [4.78, 5) is 9.42. The lowest BCUT2D eigenvalue weighted by Crippen LogP contribution is -2.39. The number of likely N-dealkylation sites (tertiary alicyclic amines) is 1. The van der Waals surface area contributed by atoms with Crippen molar-refractivity contribution in [3.8, 4) is 5.75 Å². The fourth-order valence-corrected chi connectivity index (χ4v) is 6.25. The van der Waals surface area contributed by atoms with Gasteiger partial charge in [0, 0.05) is 41.0 Å². The summed E-state index contributed by atoms with van der Waals surface area (Å²) in [6.07, 6.45) is 3.28. The maximum atomic E-state index is 10.7. The van der Waals surface area contributed by atoms with E-state index in [-0.39, 0.29) is 6.61 Å². The number of β-amino-alcohol motifs (C(OH)–C–C–N with tert-alkyl or cyclic N) is 1. The molecule has 6 rings (SSSR count). The average Bonchev–Trinajstić information content (AvgIpc) is 2.91. The quantitative estimate of drug-likeness (QED) is 0.332. The Morgan fingerprint density at radius 2 is 1.57 bits per heavy atom. The van der Waals surface area contributed by atoms with Crippen LogP contribution in [-0.2, 0) is 0 Å². The molecule has 0 amide bonds. The lowest BCUT2D eigenvalue weighted by atomic mass is 9.88. The number of aromatic nitrogens is 1. The number of benzene rings is 3. The molecule has 0 radical (unpaired) electrons. The second kappa shape index (κ2) is 9.86. The molecule has 1 fully saturated rings. The van der Waals surface area contributed by atoms with Gasteiger partial charge in [-0.05, 0) is 65.9 Å². The lowest BCUT2D eigenvalue weighted by molar-refractivity contribution is 0.0661. The smallest absolute Gasteiger partial charge is 0.128 e. The number of aliphatic hydroxyl groups excluding tert-OH is 1. The first-order valence-corrected chi connectivity index (χ1v) is 13.0. The first-order chi connectivity index (χ1) is 17.3. The number of hydrogen-bond acceptors (Lipinski definition) is 5. The molecule has 5 heteroatoms. The Balaban J connectivity index is 1.13. The van der Waals surface area contributed by atoms with Crippen molar-refractivity contribution < 1.29 is 9.84 Å². The van der Waals surface area contributed by atoms with Crippen molar-refractivity contribution in [1.82, 2.24) is 9.88 Å². The van der Waals surface area contributed by atoms with Gasteiger partial charge in [-0.1, -0.05) is 59.8 Å². The van der Waals surface area contributed by atoms with Crippen LogP contribution in [0.15, 0.2) is 100 Å².